The van der Waals surface area contributed by atoms with Crippen LogP contribution in [0.2, 0.25) is 5.02 Å². The number of anilines is 2. The SMILES string of the molecule is Clc1ccccc1Cn1ccc(Nc2nnc(Cc3ccc(-n4cnnn4)cc3)s2)n1. The zero-order valence-electron chi connectivity index (χ0n) is 16.1. The minimum atomic E-state index is 0.601. The van der Waals surface area contributed by atoms with Crippen LogP contribution >= 0.6 is 22.9 Å². The number of benzene rings is 2. The van der Waals surface area contributed by atoms with Crippen LogP contribution in [-0.2, 0) is 13.0 Å². The lowest BCUT2D eigenvalue weighted by atomic mass is 10.1. The van der Waals surface area contributed by atoms with Crippen molar-refractivity contribution in [1.82, 2.24) is 40.2 Å². The van der Waals surface area contributed by atoms with Crippen molar-refractivity contribution in [2.75, 3.05) is 5.32 Å². The molecule has 154 valence electrons. The maximum Gasteiger partial charge on any atom is 0.211 e. The number of hydrogen-bond acceptors (Lipinski definition) is 8. The molecule has 0 fully saturated rings. The van der Waals surface area contributed by atoms with E-state index in [0.29, 0.717) is 23.9 Å². The molecule has 0 saturated heterocycles. The molecule has 0 aliphatic carbocycles. The first-order valence-corrected chi connectivity index (χ1v) is 10.6. The number of hydrogen-bond donors (Lipinski definition) is 1. The molecule has 0 unspecified atom stereocenters. The van der Waals surface area contributed by atoms with Crippen molar-refractivity contribution in [3.63, 3.8) is 0 Å². The van der Waals surface area contributed by atoms with Crippen LogP contribution in [0.25, 0.3) is 5.69 Å². The van der Waals surface area contributed by atoms with E-state index in [2.05, 4.69) is 36.1 Å². The van der Waals surface area contributed by atoms with Crippen molar-refractivity contribution in [2.45, 2.75) is 13.0 Å². The zero-order valence-corrected chi connectivity index (χ0v) is 17.7. The van der Waals surface area contributed by atoms with Crippen molar-refractivity contribution in [1.29, 1.82) is 0 Å². The molecule has 5 rings (SSSR count). The summed E-state index contributed by atoms with van der Waals surface area (Å²) in [6.45, 7) is 0.601. The maximum absolute atomic E-state index is 6.23. The van der Waals surface area contributed by atoms with E-state index in [-0.39, 0.29) is 0 Å². The summed E-state index contributed by atoms with van der Waals surface area (Å²) in [5.41, 5.74) is 3.05. The number of nitrogens with one attached hydrogen (secondary N) is 1. The summed E-state index contributed by atoms with van der Waals surface area (Å²) in [4.78, 5) is 0. The molecule has 2 aromatic carbocycles. The van der Waals surface area contributed by atoms with Crippen LogP contribution in [0, 0.1) is 0 Å². The quantitative estimate of drug-likeness (QED) is 0.404. The van der Waals surface area contributed by atoms with Crippen molar-refractivity contribution in [2.24, 2.45) is 0 Å². The van der Waals surface area contributed by atoms with E-state index in [0.717, 1.165) is 26.8 Å². The van der Waals surface area contributed by atoms with Gasteiger partial charge in [-0.1, -0.05) is 53.3 Å². The monoisotopic (exact) mass is 449 g/mol. The van der Waals surface area contributed by atoms with Crippen molar-refractivity contribution >= 4 is 33.9 Å². The summed E-state index contributed by atoms with van der Waals surface area (Å²) in [7, 11) is 0. The molecule has 0 aliphatic rings. The topological polar surface area (TPSA) is 99.2 Å². The molecule has 3 heterocycles. The molecule has 3 aromatic heterocycles. The number of aromatic nitrogens is 8. The molecule has 0 spiro atoms. The van der Waals surface area contributed by atoms with E-state index in [9.17, 15) is 0 Å². The lowest BCUT2D eigenvalue weighted by molar-refractivity contribution is 0.690. The summed E-state index contributed by atoms with van der Waals surface area (Å²) < 4.78 is 3.44. The first kappa shape index (κ1) is 19.3. The molecule has 31 heavy (non-hydrogen) atoms. The minimum absolute atomic E-state index is 0.601. The number of tetrazole rings is 1. The molecule has 11 heteroatoms. The molecule has 0 bridgehead atoms. The number of nitrogens with zero attached hydrogens (tertiary/aromatic N) is 8. The largest absolute Gasteiger partial charge is 0.313 e. The molecule has 0 saturated carbocycles. The van der Waals surface area contributed by atoms with E-state index in [1.165, 1.54) is 11.3 Å². The van der Waals surface area contributed by atoms with Gasteiger partial charge in [-0.3, -0.25) is 4.68 Å². The Morgan fingerprint density at radius 3 is 2.68 bits per heavy atom. The molecular formula is C20H16ClN9S. The Morgan fingerprint density at radius 2 is 1.87 bits per heavy atom. The Labute approximate surface area is 186 Å². The summed E-state index contributed by atoms with van der Waals surface area (Å²) in [6.07, 6.45) is 4.16. The molecule has 0 atom stereocenters. The summed E-state index contributed by atoms with van der Waals surface area (Å²) in [5, 5.41) is 29.8. The summed E-state index contributed by atoms with van der Waals surface area (Å²) in [6, 6.07) is 17.6. The lowest BCUT2D eigenvalue weighted by Crippen LogP contribution is -2.01. The second-order valence-corrected chi connectivity index (χ2v) is 8.18. The Hall–Kier alpha value is -3.63. The van der Waals surface area contributed by atoms with Crippen LogP contribution in [0.1, 0.15) is 16.1 Å². The van der Waals surface area contributed by atoms with Crippen molar-refractivity contribution in [3.8, 4) is 5.69 Å². The second kappa shape index (κ2) is 8.62. The van der Waals surface area contributed by atoms with Crippen LogP contribution in [0.4, 0.5) is 10.9 Å². The van der Waals surface area contributed by atoms with Gasteiger partial charge in [0, 0.05) is 23.7 Å². The normalized spacial score (nSPS) is 11.0. The van der Waals surface area contributed by atoms with Crippen molar-refractivity contribution < 1.29 is 0 Å². The van der Waals surface area contributed by atoms with Crippen LogP contribution < -0.4 is 5.32 Å². The molecule has 0 radical (unpaired) electrons. The number of halogens is 1. The third-order valence-electron chi connectivity index (χ3n) is 4.54. The predicted molar refractivity (Wildman–Crippen MR) is 118 cm³/mol. The lowest BCUT2D eigenvalue weighted by Gasteiger charge is -2.04. The first-order valence-electron chi connectivity index (χ1n) is 9.41. The molecule has 9 nitrogen and oxygen atoms in total. The predicted octanol–water partition coefficient (Wildman–Crippen LogP) is 3.75. The summed E-state index contributed by atoms with van der Waals surface area (Å²) in [5.74, 6) is 0.709. The fraction of sp³-hybridized carbons (Fsp3) is 0.100. The maximum atomic E-state index is 6.23. The third-order valence-corrected chi connectivity index (χ3v) is 5.75. The fourth-order valence-corrected chi connectivity index (χ4v) is 4.00. The van der Waals surface area contributed by atoms with Crippen LogP contribution in [0.5, 0.6) is 0 Å². The average Bonchev–Trinajstić information content (AvgIpc) is 3.54. The van der Waals surface area contributed by atoms with E-state index >= 15 is 0 Å². The van der Waals surface area contributed by atoms with Gasteiger partial charge in [-0.2, -0.15) is 5.10 Å². The molecule has 5 aromatic rings. The van der Waals surface area contributed by atoms with E-state index in [1.54, 1.807) is 11.0 Å². The van der Waals surface area contributed by atoms with Crippen LogP contribution in [0.3, 0.4) is 0 Å². The highest BCUT2D eigenvalue weighted by Crippen LogP contribution is 2.23. The molecule has 0 aliphatic heterocycles. The van der Waals surface area contributed by atoms with Gasteiger partial charge in [0.25, 0.3) is 0 Å². The standard InChI is InChI=1S/C20H16ClN9S/c21-17-4-2-1-3-15(17)12-29-10-9-18(26-29)23-20-25-24-19(31-20)11-14-5-7-16(8-6-14)30-13-22-27-28-30/h1-10,13H,11-12H2,(H,23,25,26). The zero-order chi connectivity index (χ0) is 21.0. The summed E-state index contributed by atoms with van der Waals surface area (Å²) >= 11 is 7.73. The Morgan fingerprint density at radius 1 is 1.00 bits per heavy atom. The second-order valence-electron chi connectivity index (χ2n) is 6.71. The van der Waals surface area contributed by atoms with Crippen molar-refractivity contribution in [3.05, 3.63) is 88.3 Å². The van der Waals surface area contributed by atoms with Gasteiger partial charge in [0.2, 0.25) is 5.13 Å². The van der Waals surface area contributed by atoms with Gasteiger partial charge < -0.3 is 5.32 Å². The van der Waals surface area contributed by atoms with E-state index in [1.807, 2.05) is 65.5 Å². The van der Waals surface area contributed by atoms with Gasteiger partial charge in [0.05, 0.1) is 12.2 Å². The van der Waals surface area contributed by atoms with Gasteiger partial charge in [-0.05, 0) is 39.8 Å². The van der Waals surface area contributed by atoms with Crippen LogP contribution in [-0.4, -0.2) is 40.2 Å². The Balaban J connectivity index is 1.21. The molecular weight excluding hydrogens is 434 g/mol. The fourth-order valence-electron chi connectivity index (χ4n) is 3.02. The smallest absolute Gasteiger partial charge is 0.211 e. The highest BCUT2D eigenvalue weighted by molar-refractivity contribution is 7.15. The average molecular weight is 450 g/mol. The van der Waals surface area contributed by atoms with E-state index in [4.69, 9.17) is 11.6 Å². The third kappa shape index (κ3) is 4.60. The van der Waals surface area contributed by atoms with Gasteiger partial charge in [0.1, 0.15) is 11.3 Å². The Bertz CT molecular complexity index is 1280. The highest BCUT2D eigenvalue weighted by Gasteiger charge is 2.09. The van der Waals surface area contributed by atoms with Crippen LogP contribution in [0.15, 0.2) is 67.1 Å². The minimum Gasteiger partial charge on any atom is -0.313 e. The van der Waals surface area contributed by atoms with Gasteiger partial charge >= 0.3 is 0 Å². The highest BCUT2D eigenvalue weighted by atomic mass is 35.5. The molecule has 0 amide bonds. The first-order chi connectivity index (χ1) is 15.2. The Kier molecular flexibility index (Phi) is 5.38. The van der Waals surface area contributed by atoms with Gasteiger partial charge in [-0.15, -0.1) is 15.3 Å². The van der Waals surface area contributed by atoms with Gasteiger partial charge in [-0.25, -0.2) is 4.68 Å². The van der Waals surface area contributed by atoms with E-state index < -0.39 is 0 Å². The van der Waals surface area contributed by atoms with Gasteiger partial charge in [0.15, 0.2) is 5.82 Å². The molecule has 1 N–H and O–H groups in total. The number of rotatable bonds is 7.